The Balaban J connectivity index is 2.51. The summed E-state index contributed by atoms with van der Waals surface area (Å²) in [6.07, 6.45) is 8.32. The van der Waals surface area contributed by atoms with Gasteiger partial charge in [0.2, 0.25) is 0 Å². The lowest BCUT2D eigenvalue weighted by Crippen LogP contribution is -2.10. The Labute approximate surface area is 119 Å². The highest BCUT2D eigenvalue weighted by atomic mass is 16.4. The third-order valence-corrected chi connectivity index (χ3v) is 4.32. The zero-order valence-corrected chi connectivity index (χ0v) is 11.8. The van der Waals surface area contributed by atoms with Crippen LogP contribution in [-0.2, 0) is 9.59 Å². The lowest BCUT2D eigenvalue weighted by Gasteiger charge is -2.15. The first-order valence-electron chi connectivity index (χ1n) is 7.52. The summed E-state index contributed by atoms with van der Waals surface area (Å²) in [5, 5.41) is 18.9. The summed E-state index contributed by atoms with van der Waals surface area (Å²) in [7, 11) is 0. The smallest absolute Gasteiger partial charge is 0.331 e. The minimum atomic E-state index is -0.872. The van der Waals surface area contributed by atoms with E-state index >= 15 is 0 Å². The van der Waals surface area contributed by atoms with Crippen LogP contribution >= 0.6 is 0 Å². The molecule has 2 aliphatic carbocycles. The van der Waals surface area contributed by atoms with E-state index < -0.39 is 11.9 Å². The van der Waals surface area contributed by atoms with Crippen molar-refractivity contribution in [2.75, 3.05) is 0 Å². The van der Waals surface area contributed by atoms with Crippen LogP contribution in [0.5, 0.6) is 0 Å². The molecule has 4 nitrogen and oxygen atoms in total. The standard InChI is InChI=1S/C16H22O4/c17-15(18)13-9-5-1-3-7-11(13)12-8-4-2-6-10-14(12)16(19)20/h1-10H2,(H,17,18)(H,19,20). The zero-order valence-electron chi connectivity index (χ0n) is 11.8. The predicted molar refractivity (Wildman–Crippen MR) is 75.5 cm³/mol. The lowest BCUT2D eigenvalue weighted by atomic mass is 9.89. The quantitative estimate of drug-likeness (QED) is 0.825. The molecule has 0 heterocycles. The summed E-state index contributed by atoms with van der Waals surface area (Å²) >= 11 is 0. The number of hydrogen-bond donors (Lipinski definition) is 2. The summed E-state index contributed by atoms with van der Waals surface area (Å²) < 4.78 is 0. The van der Waals surface area contributed by atoms with Gasteiger partial charge >= 0.3 is 11.9 Å². The number of hydrogen-bond acceptors (Lipinski definition) is 2. The van der Waals surface area contributed by atoms with E-state index in [1.807, 2.05) is 0 Å². The molecule has 4 heteroatoms. The van der Waals surface area contributed by atoms with Crippen molar-refractivity contribution in [3.63, 3.8) is 0 Å². The van der Waals surface area contributed by atoms with Crippen LogP contribution in [0.25, 0.3) is 0 Å². The van der Waals surface area contributed by atoms with E-state index in [2.05, 4.69) is 0 Å². The van der Waals surface area contributed by atoms with Gasteiger partial charge in [-0.3, -0.25) is 0 Å². The minimum absolute atomic E-state index is 0.457. The first kappa shape index (κ1) is 14.8. The molecule has 0 radical (unpaired) electrons. The van der Waals surface area contributed by atoms with Gasteiger partial charge in [0.25, 0.3) is 0 Å². The largest absolute Gasteiger partial charge is 0.478 e. The van der Waals surface area contributed by atoms with E-state index in [0.717, 1.165) is 49.7 Å². The summed E-state index contributed by atoms with van der Waals surface area (Å²) in [5.74, 6) is -1.74. The molecule has 0 aliphatic heterocycles. The van der Waals surface area contributed by atoms with Gasteiger partial charge in [-0.2, -0.15) is 0 Å². The summed E-state index contributed by atoms with van der Waals surface area (Å²) in [6, 6.07) is 0. The number of aliphatic carboxylic acids is 2. The van der Waals surface area contributed by atoms with Crippen molar-refractivity contribution in [2.45, 2.75) is 64.2 Å². The molecule has 0 fully saturated rings. The normalized spacial score (nSPS) is 21.4. The molecule has 2 N–H and O–H groups in total. The molecular formula is C16H22O4. The van der Waals surface area contributed by atoms with Gasteiger partial charge in [-0.25, -0.2) is 9.59 Å². The van der Waals surface area contributed by atoms with E-state index in [9.17, 15) is 19.8 Å². The molecule has 110 valence electrons. The van der Waals surface area contributed by atoms with Crippen LogP contribution < -0.4 is 0 Å². The Morgan fingerprint density at radius 1 is 0.600 bits per heavy atom. The maximum Gasteiger partial charge on any atom is 0.331 e. The van der Waals surface area contributed by atoms with Crippen LogP contribution in [-0.4, -0.2) is 22.2 Å². The highest BCUT2D eigenvalue weighted by molar-refractivity contribution is 5.92. The van der Waals surface area contributed by atoms with Crippen molar-refractivity contribution in [3.8, 4) is 0 Å². The van der Waals surface area contributed by atoms with E-state index in [-0.39, 0.29) is 0 Å². The SMILES string of the molecule is O=C(O)C1=C(C2=C(C(=O)O)CCCCC2)CCCCC1. The number of carboxylic acid groups (broad SMARTS) is 2. The highest BCUT2D eigenvalue weighted by Crippen LogP contribution is 2.36. The number of rotatable bonds is 3. The molecule has 0 spiro atoms. The second-order valence-corrected chi connectivity index (χ2v) is 5.65. The monoisotopic (exact) mass is 278 g/mol. The first-order valence-corrected chi connectivity index (χ1v) is 7.52. The Bertz CT molecular complexity index is 427. The summed E-state index contributed by atoms with van der Waals surface area (Å²) in [4.78, 5) is 23.0. The van der Waals surface area contributed by atoms with Gasteiger partial charge in [0.15, 0.2) is 0 Å². The van der Waals surface area contributed by atoms with Gasteiger partial charge in [0.1, 0.15) is 0 Å². The minimum Gasteiger partial charge on any atom is -0.478 e. The van der Waals surface area contributed by atoms with Crippen molar-refractivity contribution in [1.82, 2.24) is 0 Å². The molecule has 0 atom stereocenters. The molecule has 20 heavy (non-hydrogen) atoms. The summed E-state index contributed by atoms with van der Waals surface area (Å²) in [5.41, 5.74) is 2.57. The van der Waals surface area contributed by atoms with E-state index in [0.29, 0.717) is 36.8 Å². The third-order valence-electron chi connectivity index (χ3n) is 4.32. The second kappa shape index (κ2) is 6.73. The predicted octanol–water partition coefficient (Wildman–Crippen LogP) is 3.68. The van der Waals surface area contributed by atoms with Crippen LogP contribution in [0.15, 0.2) is 22.3 Å². The topological polar surface area (TPSA) is 74.6 Å². The Kier molecular flexibility index (Phi) is 4.99. The fraction of sp³-hybridized carbons (Fsp3) is 0.625. The Morgan fingerprint density at radius 2 is 0.950 bits per heavy atom. The molecule has 0 bridgehead atoms. The van der Waals surface area contributed by atoms with Crippen LogP contribution in [0.2, 0.25) is 0 Å². The van der Waals surface area contributed by atoms with E-state index in [4.69, 9.17) is 0 Å². The maximum atomic E-state index is 11.5. The molecule has 2 aliphatic rings. The van der Waals surface area contributed by atoms with Gasteiger partial charge in [-0.15, -0.1) is 0 Å². The molecule has 0 aromatic carbocycles. The first-order chi connectivity index (χ1) is 9.61. The number of allylic oxidation sites excluding steroid dienone is 2. The van der Waals surface area contributed by atoms with Crippen molar-refractivity contribution < 1.29 is 19.8 Å². The zero-order chi connectivity index (χ0) is 14.5. The van der Waals surface area contributed by atoms with E-state index in [1.54, 1.807) is 0 Å². The highest BCUT2D eigenvalue weighted by Gasteiger charge is 2.25. The van der Waals surface area contributed by atoms with Crippen molar-refractivity contribution >= 4 is 11.9 Å². The molecule has 0 unspecified atom stereocenters. The van der Waals surface area contributed by atoms with Gasteiger partial charge in [0, 0.05) is 11.1 Å². The van der Waals surface area contributed by atoms with Gasteiger partial charge < -0.3 is 10.2 Å². The second-order valence-electron chi connectivity index (χ2n) is 5.65. The molecule has 2 rings (SSSR count). The van der Waals surface area contributed by atoms with Gasteiger partial charge in [-0.1, -0.05) is 12.8 Å². The summed E-state index contributed by atoms with van der Waals surface area (Å²) in [6.45, 7) is 0. The van der Waals surface area contributed by atoms with E-state index in [1.165, 1.54) is 0 Å². The van der Waals surface area contributed by atoms with Crippen LogP contribution in [0.4, 0.5) is 0 Å². The molecule has 0 saturated carbocycles. The average molecular weight is 278 g/mol. The van der Waals surface area contributed by atoms with Crippen LogP contribution in [0, 0.1) is 0 Å². The molecule has 0 saturated heterocycles. The van der Waals surface area contributed by atoms with Crippen molar-refractivity contribution in [2.24, 2.45) is 0 Å². The van der Waals surface area contributed by atoms with Crippen molar-refractivity contribution in [3.05, 3.63) is 22.3 Å². The molecule has 0 aromatic rings. The molecule has 0 amide bonds. The fourth-order valence-electron chi connectivity index (χ4n) is 3.30. The van der Waals surface area contributed by atoms with Gasteiger partial charge in [0.05, 0.1) is 0 Å². The number of carboxylic acids is 2. The maximum absolute atomic E-state index is 11.5. The Hall–Kier alpha value is -1.58. The third kappa shape index (κ3) is 3.30. The number of carbonyl (C=O) groups is 2. The molecular weight excluding hydrogens is 256 g/mol. The van der Waals surface area contributed by atoms with Crippen molar-refractivity contribution in [1.29, 1.82) is 0 Å². The van der Waals surface area contributed by atoms with Gasteiger partial charge in [-0.05, 0) is 62.5 Å². The average Bonchev–Trinajstić information content (AvgIpc) is 2.78. The lowest BCUT2D eigenvalue weighted by molar-refractivity contribution is -0.134. The van der Waals surface area contributed by atoms with Crippen LogP contribution in [0.3, 0.4) is 0 Å². The fourth-order valence-corrected chi connectivity index (χ4v) is 3.30. The Morgan fingerprint density at radius 3 is 1.30 bits per heavy atom. The van der Waals surface area contributed by atoms with Crippen LogP contribution in [0.1, 0.15) is 64.2 Å². The molecule has 0 aromatic heterocycles.